The van der Waals surface area contributed by atoms with Gasteiger partial charge in [-0.3, -0.25) is 0 Å². The first-order valence-corrected chi connectivity index (χ1v) is 6.63. The molecule has 1 fully saturated rings. The van der Waals surface area contributed by atoms with E-state index >= 15 is 0 Å². The Morgan fingerprint density at radius 2 is 1.88 bits per heavy atom. The normalized spacial score (nSPS) is 18.8. The predicted octanol–water partition coefficient (Wildman–Crippen LogP) is 3.40. The quantitative estimate of drug-likeness (QED) is 0.797. The lowest BCUT2D eigenvalue weighted by molar-refractivity contribution is 0.384. The summed E-state index contributed by atoms with van der Waals surface area (Å²) in [6.07, 6.45) is 6.89. The Morgan fingerprint density at radius 3 is 2.56 bits per heavy atom. The highest BCUT2D eigenvalue weighted by Gasteiger charge is 2.20. The van der Waals surface area contributed by atoms with Gasteiger partial charge >= 0.3 is 0 Å². The van der Waals surface area contributed by atoms with E-state index in [1.165, 1.54) is 31.2 Å². The van der Waals surface area contributed by atoms with Crippen molar-refractivity contribution in [2.75, 3.05) is 6.54 Å². The van der Waals surface area contributed by atoms with Gasteiger partial charge in [-0.1, -0.05) is 43.2 Å². The second kappa shape index (κ2) is 6.05. The van der Waals surface area contributed by atoms with E-state index in [0.717, 1.165) is 18.9 Å². The number of hydrogen-bond acceptors (Lipinski definition) is 1. The standard InChI is InChI=1S/C15H23N/c1-13(15-9-5-6-10-15)16-12-11-14-7-3-2-4-8-14/h2-4,7-8,13,15-16H,5-6,9-12H2,1H3/t13-/m1/s1. The highest BCUT2D eigenvalue weighted by Crippen LogP contribution is 2.27. The Labute approximate surface area is 99.3 Å². The molecule has 0 heterocycles. The molecular formula is C15H23N. The second-order valence-corrected chi connectivity index (χ2v) is 5.02. The van der Waals surface area contributed by atoms with E-state index in [1.54, 1.807) is 0 Å². The lowest BCUT2D eigenvalue weighted by Gasteiger charge is -2.20. The highest BCUT2D eigenvalue weighted by atomic mass is 14.9. The van der Waals surface area contributed by atoms with Crippen LogP contribution in [0.1, 0.15) is 38.2 Å². The van der Waals surface area contributed by atoms with Crippen LogP contribution < -0.4 is 5.32 Å². The van der Waals surface area contributed by atoms with Gasteiger partial charge in [0.2, 0.25) is 0 Å². The third kappa shape index (κ3) is 3.34. The number of benzene rings is 1. The van der Waals surface area contributed by atoms with Gasteiger partial charge in [0.25, 0.3) is 0 Å². The van der Waals surface area contributed by atoms with Crippen LogP contribution >= 0.6 is 0 Å². The minimum Gasteiger partial charge on any atom is -0.314 e. The first-order valence-electron chi connectivity index (χ1n) is 6.63. The molecule has 0 unspecified atom stereocenters. The SMILES string of the molecule is C[C@@H](NCCc1ccccc1)C1CCCC1. The van der Waals surface area contributed by atoms with Gasteiger partial charge in [-0.15, -0.1) is 0 Å². The van der Waals surface area contributed by atoms with Crippen molar-refractivity contribution in [1.82, 2.24) is 5.32 Å². The van der Waals surface area contributed by atoms with Crippen LogP contribution in [-0.2, 0) is 6.42 Å². The first-order chi connectivity index (χ1) is 7.86. The maximum absolute atomic E-state index is 3.67. The van der Waals surface area contributed by atoms with Crippen molar-refractivity contribution >= 4 is 0 Å². The van der Waals surface area contributed by atoms with Crippen molar-refractivity contribution in [2.45, 2.75) is 45.1 Å². The molecule has 1 aromatic carbocycles. The molecule has 1 nitrogen and oxygen atoms in total. The van der Waals surface area contributed by atoms with Gasteiger partial charge in [-0.2, -0.15) is 0 Å². The molecule has 88 valence electrons. The molecule has 1 aliphatic carbocycles. The molecule has 0 bridgehead atoms. The van der Waals surface area contributed by atoms with E-state index < -0.39 is 0 Å². The summed E-state index contributed by atoms with van der Waals surface area (Å²) in [5, 5.41) is 3.67. The van der Waals surface area contributed by atoms with Crippen LogP contribution in [0.2, 0.25) is 0 Å². The maximum Gasteiger partial charge on any atom is 0.00671 e. The highest BCUT2D eigenvalue weighted by molar-refractivity contribution is 5.14. The van der Waals surface area contributed by atoms with E-state index in [-0.39, 0.29) is 0 Å². The Hall–Kier alpha value is -0.820. The Kier molecular flexibility index (Phi) is 4.41. The fourth-order valence-electron chi connectivity index (χ4n) is 2.71. The topological polar surface area (TPSA) is 12.0 Å². The summed E-state index contributed by atoms with van der Waals surface area (Å²) in [6.45, 7) is 3.46. The molecule has 0 amide bonds. The first kappa shape index (κ1) is 11.7. The van der Waals surface area contributed by atoms with Crippen molar-refractivity contribution < 1.29 is 0 Å². The Morgan fingerprint density at radius 1 is 1.19 bits per heavy atom. The summed E-state index contributed by atoms with van der Waals surface area (Å²) < 4.78 is 0. The maximum atomic E-state index is 3.67. The molecule has 0 saturated heterocycles. The van der Waals surface area contributed by atoms with E-state index in [2.05, 4.69) is 42.6 Å². The number of hydrogen-bond donors (Lipinski definition) is 1. The van der Waals surface area contributed by atoms with Crippen LogP contribution in [0.3, 0.4) is 0 Å². The van der Waals surface area contributed by atoms with Crippen molar-refractivity contribution in [3.8, 4) is 0 Å². The van der Waals surface area contributed by atoms with Crippen LogP contribution in [0.25, 0.3) is 0 Å². The van der Waals surface area contributed by atoms with Crippen LogP contribution in [-0.4, -0.2) is 12.6 Å². The van der Waals surface area contributed by atoms with Crippen molar-refractivity contribution in [2.24, 2.45) is 5.92 Å². The minimum atomic E-state index is 0.700. The van der Waals surface area contributed by atoms with Crippen LogP contribution in [0.5, 0.6) is 0 Å². The Balaban J connectivity index is 1.67. The molecule has 1 atom stereocenters. The molecular weight excluding hydrogens is 194 g/mol. The average molecular weight is 217 g/mol. The fraction of sp³-hybridized carbons (Fsp3) is 0.600. The molecule has 0 radical (unpaired) electrons. The molecule has 1 aliphatic rings. The van der Waals surface area contributed by atoms with Crippen molar-refractivity contribution in [3.63, 3.8) is 0 Å². The molecule has 1 heteroatoms. The summed E-state index contributed by atoms with van der Waals surface area (Å²) >= 11 is 0. The van der Waals surface area contributed by atoms with Gasteiger partial charge in [0, 0.05) is 6.04 Å². The zero-order valence-electron chi connectivity index (χ0n) is 10.3. The van der Waals surface area contributed by atoms with Crippen molar-refractivity contribution in [1.29, 1.82) is 0 Å². The Bertz CT molecular complexity index is 288. The predicted molar refractivity (Wildman–Crippen MR) is 69.6 cm³/mol. The largest absolute Gasteiger partial charge is 0.314 e. The summed E-state index contributed by atoms with van der Waals surface area (Å²) in [5.41, 5.74) is 1.44. The second-order valence-electron chi connectivity index (χ2n) is 5.02. The minimum absolute atomic E-state index is 0.700. The molecule has 0 aliphatic heterocycles. The summed E-state index contributed by atoms with van der Waals surface area (Å²) in [4.78, 5) is 0. The van der Waals surface area contributed by atoms with Gasteiger partial charge in [0.05, 0.1) is 0 Å². The molecule has 0 aromatic heterocycles. The molecule has 1 N–H and O–H groups in total. The zero-order valence-corrected chi connectivity index (χ0v) is 10.3. The molecule has 0 spiro atoms. The molecule has 16 heavy (non-hydrogen) atoms. The zero-order chi connectivity index (χ0) is 11.2. The van der Waals surface area contributed by atoms with E-state index in [1.807, 2.05) is 0 Å². The monoisotopic (exact) mass is 217 g/mol. The number of nitrogens with one attached hydrogen (secondary N) is 1. The molecule has 1 saturated carbocycles. The van der Waals surface area contributed by atoms with Gasteiger partial charge in [0.1, 0.15) is 0 Å². The fourth-order valence-corrected chi connectivity index (χ4v) is 2.71. The van der Waals surface area contributed by atoms with Crippen LogP contribution in [0, 0.1) is 5.92 Å². The van der Waals surface area contributed by atoms with Crippen LogP contribution in [0.4, 0.5) is 0 Å². The number of rotatable bonds is 5. The van der Waals surface area contributed by atoms with E-state index in [0.29, 0.717) is 6.04 Å². The van der Waals surface area contributed by atoms with Gasteiger partial charge < -0.3 is 5.32 Å². The molecule has 2 rings (SSSR count). The lowest BCUT2D eigenvalue weighted by atomic mass is 9.99. The van der Waals surface area contributed by atoms with E-state index in [4.69, 9.17) is 0 Å². The van der Waals surface area contributed by atoms with Gasteiger partial charge in [-0.05, 0) is 44.2 Å². The summed E-state index contributed by atoms with van der Waals surface area (Å²) in [5.74, 6) is 0.927. The lowest BCUT2D eigenvalue weighted by Crippen LogP contribution is -2.33. The third-order valence-electron chi connectivity index (χ3n) is 3.83. The summed E-state index contributed by atoms with van der Waals surface area (Å²) in [6, 6.07) is 11.4. The molecule has 1 aromatic rings. The smallest absolute Gasteiger partial charge is 0.00671 e. The van der Waals surface area contributed by atoms with E-state index in [9.17, 15) is 0 Å². The van der Waals surface area contributed by atoms with Crippen molar-refractivity contribution in [3.05, 3.63) is 35.9 Å². The van der Waals surface area contributed by atoms with Gasteiger partial charge in [0.15, 0.2) is 0 Å². The van der Waals surface area contributed by atoms with Crippen LogP contribution in [0.15, 0.2) is 30.3 Å². The van der Waals surface area contributed by atoms with Gasteiger partial charge in [-0.25, -0.2) is 0 Å². The third-order valence-corrected chi connectivity index (χ3v) is 3.83. The summed E-state index contributed by atoms with van der Waals surface area (Å²) in [7, 11) is 0. The average Bonchev–Trinajstić information content (AvgIpc) is 2.84.